The maximum Gasteiger partial charge on any atom is 0.339 e. The molecule has 0 radical (unpaired) electrons. The van der Waals surface area contributed by atoms with Crippen molar-refractivity contribution >= 4 is 22.8 Å². The van der Waals surface area contributed by atoms with Gasteiger partial charge in [0.2, 0.25) is 0 Å². The van der Waals surface area contributed by atoms with Crippen molar-refractivity contribution in [1.82, 2.24) is 14.8 Å². The molecule has 0 spiro atoms. The van der Waals surface area contributed by atoms with Gasteiger partial charge in [-0.25, -0.2) is 9.78 Å². The SMILES string of the molecule is CCCc1ccc(C(=O)COC(=O)c2cc(C)nc3c2c(C)nn3C)cc1. The van der Waals surface area contributed by atoms with Crippen LogP contribution in [0.2, 0.25) is 0 Å². The fourth-order valence-electron chi connectivity index (χ4n) is 3.17. The number of esters is 1. The first kappa shape index (κ1) is 18.8. The van der Waals surface area contributed by atoms with E-state index in [1.807, 2.05) is 26.0 Å². The van der Waals surface area contributed by atoms with Crippen LogP contribution < -0.4 is 0 Å². The number of rotatable bonds is 6. The Morgan fingerprint density at radius 3 is 2.52 bits per heavy atom. The minimum absolute atomic E-state index is 0.226. The van der Waals surface area contributed by atoms with E-state index in [9.17, 15) is 9.59 Å². The summed E-state index contributed by atoms with van der Waals surface area (Å²) >= 11 is 0. The van der Waals surface area contributed by atoms with Gasteiger partial charge in [-0.15, -0.1) is 0 Å². The summed E-state index contributed by atoms with van der Waals surface area (Å²) in [6.07, 6.45) is 2.03. The normalized spacial score (nSPS) is 11.0. The van der Waals surface area contributed by atoms with Crippen LogP contribution in [0.3, 0.4) is 0 Å². The number of nitrogens with zero attached hydrogens (tertiary/aromatic N) is 3. The number of carbonyl (C=O) groups excluding carboxylic acids is 2. The number of carbonyl (C=O) groups is 2. The van der Waals surface area contributed by atoms with Gasteiger partial charge in [0.15, 0.2) is 18.0 Å². The van der Waals surface area contributed by atoms with Crippen molar-refractivity contribution in [3.05, 3.63) is 58.4 Å². The molecule has 0 fully saturated rings. The quantitative estimate of drug-likeness (QED) is 0.493. The van der Waals surface area contributed by atoms with E-state index in [2.05, 4.69) is 17.0 Å². The van der Waals surface area contributed by atoms with Crippen LogP contribution in [0, 0.1) is 13.8 Å². The molecule has 0 N–H and O–H groups in total. The number of aromatic nitrogens is 3. The van der Waals surface area contributed by atoms with E-state index in [1.165, 1.54) is 5.56 Å². The molecule has 6 nitrogen and oxygen atoms in total. The van der Waals surface area contributed by atoms with E-state index in [1.54, 1.807) is 29.9 Å². The lowest BCUT2D eigenvalue weighted by Gasteiger charge is -2.07. The molecule has 27 heavy (non-hydrogen) atoms. The zero-order valence-corrected chi connectivity index (χ0v) is 16.1. The number of ether oxygens (including phenoxy) is 1. The first-order valence-corrected chi connectivity index (χ1v) is 9.01. The second-order valence-corrected chi connectivity index (χ2v) is 6.67. The predicted molar refractivity (Wildman–Crippen MR) is 103 cm³/mol. The molecule has 2 aromatic heterocycles. The van der Waals surface area contributed by atoms with E-state index < -0.39 is 5.97 Å². The van der Waals surface area contributed by atoms with Gasteiger partial charge in [0.25, 0.3) is 0 Å². The van der Waals surface area contributed by atoms with Gasteiger partial charge in [0.05, 0.1) is 16.6 Å². The predicted octanol–water partition coefficient (Wildman–Crippen LogP) is 3.58. The maximum absolute atomic E-state index is 12.6. The van der Waals surface area contributed by atoms with Crippen molar-refractivity contribution in [2.75, 3.05) is 6.61 Å². The number of benzene rings is 1. The number of hydrogen-bond donors (Lipinski definition) is 0. The maximum atomic E-state index is 12.6. The molecule has 0 saturated carbocycles. The van der Waals surface area contributed by atoms with E-state index in [-0.39, 0.29) is 12.4 Å². The summed E-state index contributed by atoms with van der Waals surface area (Å²) in [5.41, 5.74) is 4.12. The highest BCUT2D eigenvalue weighted by Gasteiger charge is 2.20. The zero-order valence-electron chi connectivity index (χ0n) is 16.1. The topological polar surface area (TPSA) is 74.1 Å². The third-order valence-electron chi connectivity index (χ3n) is 4.47. The third-order valence-corrected chi connectivity index (χ3v) is 4.47. The molecule has 0 aliphatic heterocycles. The fraction of sp³-hybridized carbons (Fsp3) is 0.333. The molecule has 140 valence electrons. The monoisotopic (exact) mass is 365 g/mol. The highest BCUT2D eigenvalue weighted by Crippen LogP contribution is 2.22. The van der Waals surface area contributed by atoms with E-state index in [0.717, 1.165) is 12.8 Å². The van der Waals surface area contributed by atoms with Crippen LogP contribution in [-0.2, 0) is 18.2 Å². The Bertz CT molecular complexity index is 1000. The van der Waals surface area contributed by atoms with Crippen LogP contribution >= 0.6 is 0 Å². The van der Waals surface area contributed by atoms with Gasteiger partial charge < -0.3 is 4.74 Å². The summed E-state index contributed by atoms with van der Waals surface area (Å²) in [6, 6.07) is 9.10. The van der Waals surface area contributed by atoms with E-state index >= 15 is 0 Å². The lowest BCUT2D eigenvalue weighted by molar-refractivity contribution is 0.0476. The molecular weight excluding hydrogens is 342 g/mol. The van der Waals surface area contributed by atoms with Crippen LogP contribution in [-0.4, -0.2) is 33.1 Å². The number of Topliss-reactive ketones (excluding diaryl/α,β-unsaturated/α-hetero) is 1. The summed E-state index contributed by atoms with van der Waals surface area (Å²) < 4.78 is 6.93. The Morgan fingerprint density at radius 2 is 1.85 bits per heavy atom. The molecule has 2 heterocycles. The van der Waals surface area contributed by atoms with Gasteiger partial charge >= 0.3 is 5.97 Å². The lowest BCUT2D eigenvalue weighted by Crippen LogP contribution is -2.15. The average Bonchev–Trinajstić information content (AvgIpc) is 2.93. The van der Waals surface area contributed by atoms with Crippen LogP contribution in [0.25, 0.3) is 11.0 Å². The number of aryl methyl sites for hydroxylation is 4. The molecule has 0 atom stereocenters. The first-order valence-electron chi connectivity index (χ1n) is 9.01. The number of ketones is 1. The zero-order chi connectivity index (χ0) is 19.6. The highest BCUT2D eigenvalue weighted by molar-refractivity contribution is 6.05. The number of pyridine rings is 1. The molecule has 0 saturated heterocycles. The van der Waals surface area contributed by atoms with Crippen LogP contribution in [0.5, 0.6) is 0 Å². The molecule has 3 rings (SSSR count). The molecule has 0 aliphatic rings. The number of hydrogen-bond acceptors (Lipinski definition) is 5. The smallest absolute Gasteiger partial charge is 0.339 e. The molecule has 0 amide bonds. The minimum atomic E-state index is -0.544. The second kappa shape index (κ2) is 7.70. The molecule has 3 aromatic rings. The lowest BCUT2D eigenvalue weighted by atomic mass is 10.1. The Kier molecular flexibility index (Phi) is 5.35. The number of fused-ring (bicyclic) bond motifs is 1. The van der Waals surface area contributed by atoms with Gasteiger partial charge in [-0.2, -0.15) is 5.10 Å². The molecule has 0 unspecified atom stereocenters. The average molecular weight is 365 g/mol. The Morgan fingerprint density at radius 1 is 1.15 bits per heavy atom. The Hall–Kier alpha value is -3.02. The Balaban J connectivity index is 1.76. The Labute approximate surface area is 158 Å². The van der Waals surface area contributed by atoms with Gasteiger partial charge in [0, 0.05) is 18.3 Å². The van der Waals surface area contributed by atoms with E-state index in [4.69, 9.17) is 4.74 Å². The standard InChI is InChI=1S/C21H23N3O3/c1-5-6-15-7-9-16(10-8-15)18(25)12-27-21(26)17-11-13(2)22-20-19(17)14(3)23-24(20)4/h7-11H,5-6,12H2,1-4H3. The van der Waals surface area contributed by atoms with Crippen molar-refractivity contribution in [3.63, 3.8) is 0 Å². The third kappa shape index (κ3) is 3.89. The summed E-state index contributed by atoms with van der Waals surface area (Å²) in [4.78, 5) is 29.4. The van der Waals surface area contributed by atoms with Crippen LogP contribution in [0.15, 0.2) is 30.3 Å². The van der Waals surface area contributed by atoms with Crippen molar-refractivity contribution in [2.45, 2.75) is 33.6 Å². The molecular formula is C21H23N3O3. The van der Waals surface area contributed by atoms with Gasteiger partial charge in [-0.1, -0.05) is 37.6 Å². The largest absolute Gasteiger partial charge is 0.454 e. The van der Waals surface area contributed by atoms with Crippen molar-refractivity contribution in [2.24, 2.45) is 7.05 Å². The summed E-state index contributed by atoms with van der Waals surface area (Å²) in [5.74, 6) is -0.770. The second-order valence-electron chi connectivity index (χ2n) is 6.67. The fourth-order valence-corrected chi connectivity index (χ4v) is 3.17. The summed E-state index contributed by atoms with van der Waals surface area (Å²) in [5, 5.41) is 4.98. The van der Waals surface area contributed by atoms with Crippen LogP contribution in [0.1, 0.15) is 51.0 Å². The van der Waals surface area contributed by atoms with Crippen molar-refractivity contribution in [3.8, 4) is 0 Å². The minimum Gasteiger partial charge on any atom is -0.454 e. The molecule has 6 heteroatoms. The summed E-state index contributed by atoms with van der Waals surface area (Å²) in [7, 11) is 1.78. The first-order chi connectivity index (χ1) is 12.9. The van der Waals surface area contributed by atoms with Crippen molar-refractivity contribution in [1.29, 1.82) is 0 Å². The summed E-state index contributed by atoms with van der Waals surface area (Å²) in [6.45, 7) is 5.44. The van der Waals surface area contributed by atoms with Crippen LogP contribution in [0.4, 0.5) is 0 Å². The molecule has 0 aliphatic carbocycles. The van der Waals surface area contributed by atoms with E-state index in [0.29, 0.717) is 33.5 Å². The molecule has 0 bridgehead atoms. The van der Waals surface area contributed by atoms with Gasteiger partial charge in [-0.05, 0) is 31.9 Å². The molecule has 1 aromatic carbocycles. The van der Waals surface area contributed by atoms with Gasteiger partial charge in [-0.3, -0.25) is 9.48 Å². The van der Waals surface area contributed by atoms with Crippen molar-refractivity contribution < 1.29 is 14.3 Å². The highest BCUT2D eigenvalue weighted by atomic mass is 16.5. The van der Waals surface area contributed by atoms with Gasteiger partial charge in [0.1, 0.15) is 0 Å².